The molecule has 2 aromatic carbocycles. The van der Waals surface area contributed by atoms with Crippen LogP contribution in [0.2, 0.25) is 0 Å². The summed E-state index contributed by atoms with van der Waals surface area (Å²) < 4.78 is 5.99. The van der Waals surface area contributed by atoms with Gasteiger partial charge >= 0.3 is 6.09 Å². The fourth-order valence-electron chi connectivity index (χ4n) is 5.53. The van der Waals surface area contributed by atoms with Crippen molar-refractivity contribution in [3.63, 3.8) is 0 Å². The van der Waals surface area contributed by atoms with Gasteiger partial charge in [0.1, 0.15) is 5.82 Å². The first-order valence-electron chi connectivity index (χ1n) is 12.5. The second-order valence-electron chi connectivity index (χ2n) is 9.69. The molecular formula is C27H34N4O2S. The molecule has 1 amide bonds. The Hall–Kier alpha value is -2.64. The van der Waals surface area contributed by atoms with Gasteiger partial charge in [0.15, 0.2) is 0 Å². The third kappa shape index (κ3) is 5.36. The second-order valence-corrected chi connectivity index (χ2v) is 10.5. The first-order chi connectivity index (χ1) is 16.7. The van der Waals surface area contributed by atoms with Gasteiger partial charge in [-0.15, -0.1) is 0 Å². The summed E-state index contributed by atoms with van der Waals surface area (Å²) >= 11 is 1.60. The molecule has 2 heterocycles. The van der Waals surface area contributed by atoms with Gasteiger partial charge in [-0.25, -0.2) is 4.79 Å². The summed E-state index contributed by atoms with van der Waals surface area (Å²) in [6, 6.07) is 18.6. The van der Waals surface area contributed by atoms with Gasteiger partial charge < -0.3 is 14.9 Å². The van der Waals surface area contributed by atoms with Crippen LogP contribution in [0.1, 0.15) is 37.7 Å². The highest BCUT2D eigenvalue weighted by Crippen LogP contribution is 2.32. The lowest BCUT2D eigenvalue weighted by Crippen LogP contribution is -2.47. The Morgan fingerprint density at radius 3 is 2.41 bits per heavy atom. The summed E-state index contributed by atoms with van der Waals surface area (Å²) in [4.78, 5) is 18.6. The van der Waals surface area contributed by atoms with Crippen LogP contribution in [0, 0.1) is 5.92 Å². The van der Waals surface area contributed by atoms with Crippen molar-refractivity contribution in [3.8, 4) is 0 Å². The molecule has 180 valence electrons. The number of aromatic nitrogens is 1. The van der Waals surface area contributed by atoms with Gasteiger partial charge in [0.05, 0.1) is 4.70 Å². The van der Waals surface area contributed by atoms with Crippen molar-refractivity contribution in [3.05, 3.63) is 60.2 Å². The molecule has 7 heteroatoms. The normalized spacial score (nSPS) is 21.6. The highest BCUT2D eigenvalue weighted by atomic mass is 32.1. The van der Waals surface area contributed by atoms with Crippen LogP contribution in [0.4, 0.5) is 10.6 Å². The molecule has 0 atom stereocenters. The third-order valence-electron chi connectivity index (χ3n) is 7.58. The van der Waals surface area contributed by atoms with E-state index < -0.39 is 6.09 Å². The lowest BCUT2D eigenvalue weighted by molar-refractivity contribution is 0.0962. The smallest absolute Gasteiger partial charge is 0.407 e. The summed E-state index contributed by atoms with van der Waals surface area (Å²) in [7, 11) is 0. The summed E-state index contributed by atoms with van der Waals surface area (Å²) in [5.74, 6) is 1.86. The number of hydrogen-bond donors (Lipinski definition) is 1. The van der Waals surface area contributed by atoms with Gasteiger partial charge in [-0.1, -0.05) is 42.5 Å². The minimum Gasteiger partial charge on any atom is -0.465 e. The van der Waals surface area contributed by atoms with E-state index in [4.69, 9.17) is 4.37 Å². The van der Waals surface area contributed by atoms with E-state index in [1.54, 1.807) is 16.4 Å². The lowest BCUT2D eigenvalue weighted by Gasteiger charge is -2.38. The Morgan fingerprint density at radius 1 is 0.971 bits per heavy atom. The average molecular weight is 479 g/mol. The number of piperazine rings is 1. The molecule has 1 N–H and O–H groups in total. The van der Waals surface area contributed by atoms with Crippen molar-refractivity contribution in [1.29, 1.82) is 0 Å². The molecule has 3 aromatic rings. The number of anilines is 1. The van der Waals surface area contributed by atoms with Crippen molar-refractivity contribution >= 4 is 33.5 Å². The zero-order valence-electron chi connectivity index (χ0n) is 19.7. The van der Waals surface area contributed by atoms with Crippen molar-refractivity contribution in [2.24, 2.45) is 5.92 Å². The first-order valence-corrected chi connectivity index (χ1v) is 13.3. The Kier molecular flexibility index (Phi) is 7.30. The van der Waals surface area contributed by atoms with Gasteiger partial charge in [-0.2, -0.15) is 4.37 Å². The number of rotatable bonds is 7. The predicted molar refractivity (Wildman–Crippen MR) is 139 cm³/mol. The number of fused-ring (bicyclic) bond motifs is 1. The second kappa shape index (κ2) is 10.7. The number of carboxylic acid groups (broad SMARTS) is 1. The molecule has 0 radical (unpaired) electrons. The van der Waals surface area contributed by atoms with Crippen LogP contribution < -0.4 is 4.90 Å². The minimum absolute atomic E-state index is 0.144. The monoisotopic (exact) mass is 478 g/mol. The van der Waals surface area contributed by atoms with Crippen molar-refractivity contribution in [2.75, 3.05) is 37.6 Å². The molecule has 0 spiro atoms. The number of benzene rings is 2. The predicted octanol–water partition coefficient (Wildman–Crippen LogP) is 5.55. The average Bonchev–Trinajstić information content (AvgIpc) is 3.31. The fourth-order valence-corrected chi connectivity index (χ4v) is 6.32. The molecular weight excluding hydrogens is 444 g/mol. The molecule has 1 aliphatic carbocycles. The summed E-state index contributed by atoms with van der Waals surface area (Å²) in [5.41, 5.74) is 1.07. The first kappa shape index (κ1) is 23.1. The van der Waals surface area contributed by atoms with Crippen LogP contribution in [0.5, 0.6) is 0 Å². The van der Waals surface area contributed by atoms with Crippen LogP contribution in [0.15, 0.2) is 54.6 Å². The number of nitrogens with zero attached hydrogens (tertiary/aromatic N) is 4. The molecule has 5 rings (SSSR count). The van der Waals surface area contributed by atoms with Gasteiger partial charge in [-0.3, -0.25) is 4.90 Å². The van der Waals surface area contributed by atoms with Crippen molar-refractivity contribution in [1.82, 2.24) is 14.2 Å². The molecule has 34 heavy (non-hydrogen) atoms. The van der Waals surface area contributed by atoms with E-state index in [9.17, 15) is 9.90 Å². The Morgan fingerprint density at radius 2 is 1.68 bits per heavy atom. The van der Waals surface area contributed by atoms with E-state index in [-0.39, 0.29) is 6.04 Å². The van der Waals surface area contributed by atoms with Crippen LogP contribution >= 0.6 is 11.5 Å². The standard InChI is InChI=1S/C27H34N4O2S/c32-27(33)31(20-22-6-2-1-3-7-22)23-12-10-21(11-13-23)14-15-29-16-18-30(19-17-29)26-24-8-4-5-9-25(24)34-28-26/h1-9,21,23H,10-20H2,(H,32,33)/t21-,23-. The maximum atomic E-state index is 11.9. The molecule has 2 fully saturated rings. The number of amides is 1. The molecule has 2 aliphatic rings. The van der Waals surface area contributed by atoms with E-state index in [0.717, 1.165) is 69.8 Å². The molecule has 1 aromatic heterocycles. The van der Waals surface area contributed by atoms with Crippen LogP contribution in [0.3, 0.4) is 0 Å². The summed E-state index contributed by atoms with van der Waals surface area (Å²) in [6.07, 6.45) is 4.65. The molecule has 0 bridgehead atoms. The lowest BCUT2D eigenvalue weighted by atomic mass is 9.83. The number of carbonyl (C=O) groups is 1. The Labute approximate surface area is 206 Å². The van der Waals surface area contributed by atoms with Crippen LogP contribution in [0.25, 0.3) is 10.1 Å². The highest BCUT2D eigenvalue weighted by molar-refractivity contribution is 7.13. The molecule has 1 aliphatic heterocycles. The molecule has 1 saturated carbocycles. The SMILES string of the molecule is O=C(O)N(Cc1ccccc1)[C@H]1CC[C@H](CCN2CCN(c3nsc4ccccc34)CC2)CC1. The van der Waals surface area contributed by atoms with Crippen LogP contribution in [-0.4, -0.2) is 64.1 Å². The van der Waals surface area contributed by atoms with Crippen LogP contribution in [-0.2, 0) is 6.54 Å². The van der Waals surface area contributed by atoms with Crippen molar-refractivity contribution in [2.45, 2.75) is 44.7 Å². The third-order valence-corrected chi connectivity index (χ3v) is 8.40. The van der Waals surface area contributed by atoms with Gasteiger partial charge in [0, 0.05) is 44.2 Å². The zero-order valence-corrected chi connectivity index (χ0v) is 20.5. The Balaban J connectivity index is 1.06. The van der Waals surface area contributed by atoms with E-state index in [2.05, 4.69) is 34.1 Å². The minimum atomic E-state index is -0.793. The van der Waals surface area contributed by atoms with Gasteiger partial charge in [-0.05, 0) is 73.8 Å². The van der Waals surface area contributed by atoms with Gasteiger partial charge in [0.2, 0.25) is 0 Å². The fraction of sp³-hybridized carbons (Fsp3) is 0.481. The van der Waals surface area contributed by atoms with Crippen molar-refractivity contribution < 1.29 is 9.90 Å². The highest BCUT2D eigenvalue weighted by Gasteiger charge is 2.29. The maximum Gasteiger partial charge on any atom is 0.407 e. The molecule has 0 unspecified atom stereocenters. The summed E-state index contributed by atoms with van der Waals surface area (Å²) in [5, 5.41) is 11.1. The van der Waals surface area contributed by atoms with Gasteiger partial charge in [0.25, 0.3) is 0 Å². The van der Waals surface area contributed by atoms with E-state index in [1.807, 2.05) is 30.3 Å². The summed E-state index contributed by atoms with van der Waals surface area (Å²) in [6.45, 7) is 5.88. The molecule has 1 saturated heterocycles. The zero-order chi connectivity index (χ0) is 23.3. The topological polar surface area (TPSA) is 59.9 Å². The number of hydrogen-bond acceptors (Lipinski definition) is 5. The van der Waals surface area contributed by atoms with E-state index in [1.165, 1.54) is 16.5 Å². The maximum absolute atomic E-state index is 11.9. The molecule has 6 nitrogen and oxygen atoms in total. The quantitative estimate of drug-likeness (QED) is 0.483. The Bertz CT molecular complexity index is 1070. The largest absolute Gasteiger partial charge is 0.465 e. The van der Waals surface area contributed by atoms with E-state index in [0.29, 0.717) is 12.5 Å². The van der Waals surface area contributed by atoms with E-state index >= 15 is 0 Å².